The minimum atomic E-state index is -3.75. The number of rotatable bonds is 5. The fourth-order valence-electron chi connectivity index (χ4n) is 3.63. The van der Waals surface area contributed by atoms with E-state index >= 15 is 0 Å². The van der Waals surface area contributed by atoms with Crippen LogP contribution in [0.3, 0.4) is 0 Å². The molecule has 0 spiro atoms. The Morgan fingerprint density at radius 2 is 1.85 bits per heavy atom. The molecular weight excluding hydrogens is 354 g/mol. The van der Waals surface area contributed by atoms with Gasteiger partial charge in [0.15, 0.2) is 0 Å². The molecule has 3 rings (SSSR count). The number of hydrogen-bond donors (Lipinski definition) is 2. The van der Waals surface area contributed by atoms with Crippen molar-refractivity contribution in [2.45, 2.75) is 55.5 Å². The van der Waals surface area contributed by atoms with Gasteiger partial charge in [-0.1, -0.05) is 12.8 Å². The Kier molecular flexibility index (Phi) is 5.84. The molecule has 2 aliphatic rings. The summed E-state index contributed by atoms with van der Waals surface area (Å²) in [6, 6.07) is 4.66. The molecule has 3 N–H and O–H groups in total. The van der Waals surface area contributed by atoms with Crippen LogP contribution in [0.1, 0.15) is 48.9 Å². The molecule has 1 aromatic carbocycles. The van der Waals surface area contributed by atoms with Crippen molar-refractivity contribution in [3.8, 4) is 5.75 Å². The molecule has 2 fully saturated rings. The zero-order valence-corrected chi connectivity index (χ0v) is 15.9. The summed E-state index contributed by atoms with van der Waals surface area (Å²) < 4.78 is 33.6. The Hall–Kier alpha value is -1.64. The van der Waals surface area contributed by atoms with Gasteiger partial charge in [0.2, 0.25) is 10.0 Å². The third kappa shape index (κ3) is 4.19. The molecular formula is C18H27N3O4S. The number of benzene rings is 1. The number of likely N-dealkylation sites (tertiary alicyclic amines) is 1. The summed E-state index contributed by atoms with van der Waals surface area (Å²) in [6.07, 6.45) is 5.26. The third-order valence-electron chi connectivity index (χ3n) is 5.20. The van der Waals surface area contributed by atoms with E-state index in [4.69, 9.17) is 10.5 Å². The topological polar surface area (TPSA) is 102 Å². The van der Waals surface area contributed by atoms with E-state index < -0.39 is 10.0 Å². The predicted octanol–water partition coefficient (Wildman–Crippen LogP) is 1.48. The number of carbonyl (C=O) groups excluding carboxylic acids is 1. The quantitative estimate of drug-likeness (QED) is 0.804. The van der Waals surface area contributed by atoms with Crippen molar-refractivity contribution < 1.29 is 17.9 Å². The molecule has 1 amide bonds. The SMILES string of the molecule is COc1ccc(C(=O)N2CCC(N)CC2)cc1S(=O)(=O)NC1CCCC1. The van der Waals surface area contributed by atoms with Crippen LogP contribution in [0.5, 0.6) is 5.75 Å². The molecule has 1 saturated heterocycles. The van der Waals surface area contributed by atoms with E-state index in [0.29, 0.717) is 18.7 Å². The first kappa shape index (κ1) is 19.1. The Balaban J connectivity index is 1.85. The Labute approximate surface area is 154 Å². The molecule has 1 heterocycles. The molecule has 0 bridgehead atoms. The highest BCUT2D eigenvalue weighted by molar-refractivity contribution is 7.89. The van der Waals surface area contributed by atoms with Crippen molar-refractivity contribution in [1.29, 1.82) is 0 Å². The van der Waals surface area contributed by atoms with Crippen LogP contribution in [0.25, 0.3) is 0 Å². The lowest BCUT2D eigenvalue weighted by Gasteiger charge is -2.30. The lowest BCUT2D eigenvalue weighted by atomic mass is 10.0. The van der Waals surface area contributed by atoms with Gasteiger partial charge in [0, 0.05) is 30.7 Å². The summed E-state index contributed by atoms with van der Waals surface area (Å²) in [5, 5.41) is 0. The van der Waals surface area contributed by atoms with Gasteiger partial charge in [-0.2, -0.15) is 0 Å². The van der Waals surface area contributed by atoms with Crippen LogP contribution in [0, 0.1) is 0 Å². The first-order chi connectivity index (χ1) is 12.4. The zero-order chi connectivity index (χ0) is 18.7. The summed E-state index contributed by atoms with van der Waals surface area (Å²) in [4.78, 5) is 14.5. The van der Waals surface area contributed by atoms with Gasteiger partial charge in [-0.15, -0.1) is 0 Å². The van der Waals surface area contributed by atoms with Crippen molar-refractivity contribution in [3.05, 3.63) is 23.8 Å². The predicted molar refractivity (Wildman–Crippen MR) is 98.7 cm³/mol. The van der Waals surface area contributed by atoms with E-state index in [1.54, 1.807) is 17.0 Å². The van der Waals surface area contributed by atoms with E-state index in [2.05, 4.69) is 4.72 Å². The van der Waals surface area contributed by atoms with E-state index in [1.165, 1.54) is 13.2 Å². The molecule has 0 atom stereocenters. The molecule has 1 aromatic rings. The van der Waals surface area contributed by atoms with E-state index in [9.17, 15) is 13.2 Å². The maximum atomic E-state index is 12.8. The van der Waals surface area contributed by atoms with Crippen LogP contribution in [-0.2, 0) is 10.0 Å². The van der Waals surface area contributed by atoms with Gasteiger partial charge < -0.3 is 15.4 Å². The highest BCUT2D eigenvalue weighted by Crippen LogP contribution is 2.28. The van der Waals surface area contributed by atoms with Gasteiger partial charge in [0.25, 0.3) is 5.91 Å². The number of methoxy groups -OCH3 is 1. The van der Waals surface area contributed by atoms with Crippen molar-refractivity contribution in [2.24, 2.45) is 5.73 Å². The van der Waals surface area contributed by atoms with Crippen LogP contribution in [0.2, 0.25) is 0 Å². The first-order valence-electron chi connectivity index (χ1n) is 9.16. The number of piperidine rings is 1. The summed E-state index contributed by atoms with van der Waals surface area (Å²) in [6.45, 7) is 1.18. The van der Waals surface area contributed by atoms with Crippen molar-refractivity contribution >= 4 is 15.9 Å². The third-order valence-corrected chi connectivity index (χ3v) is 6.75. The molecule has 0 unspecified atom stereocenters. The highest BCUT2D eigenvalue weighted by atomic mass is 32.2. The van der Waals surface area contributed by atoms with Crippen molar-refractivity contribution in [1.82, 2.24) is 9.62 Å². The van der Waals surface area contributed by atoms with Gasteiger partial charge >= 0.3 is 0 Å². The molecule has 8 heteroatoms. The molecule has 26 heavy (non-hydrogen) atoms. The van der Waals surface area contributed by atoms with Gasteiger partial charge in [-0.05, 0) is 43.9 Å². The number of carbonyl (C=O) groups is 1. The maximum Gasteiger partial charge on any atom is 0.253 e. The second-order valence-electron chi connectivity index (χ2n) is 7.10. The lowest BCUT2D eigenvalue weighted by Crippen LogP contribution is -2.42. The standard InChI is InChI=1S/C18H27N3O4S/c1-25-16-7-6-13(18(22)21-10-8-14(19)9-11-21)12-17(16)26(23,24)20-15-4-2-3-5-15/h6-7,12,14-15,20H,2-5,8-11,19H2,1H3. The molecule has 1 aliphatic heterocycles. The zero-order valence-electron chi connectivity index (χ0n) is 15.1. The first-order valence-corrected chi connectivity index (χ1v) is 10.6. The molecule has 0 aromatic heterocycles. The van der Waals surface area contributed by atoms with Crippen LogP contribution in [-0.4, -0.2) is 51.5 Å². The number of nitrogens with zero attached hydrogens (tertiary/aromatic N) is 1. The smallest absolute Gasteiger partial charge is 0.253 e. The molecule has 0 radical (unpaired) electrons. The number of nitrogens with one attached hydrogen (secondary N) is 1. The molecule has 144 valence electrons. The molecule has 7 nitrogen and oxygen atoms in total. The summed E-state index contributed by atoms with van der Waals surface area (Å²) in [5.41, 5.74) is 6.25. The van der Waals surface area contributed by atoms with Crippen molar-refractivity contribution in [3.63, 3.8) is 0 Å². The number of sulfonamides is 1. The van der Waals surface area contributed by atoms with Gasteiger partial charge in [0.1, 0.15) is 10.6 Å². The monoisotopic (exact) mass is 381 g/mol. The van der Waals surface area contributed by atoms with Crippen molar-refractivity contribution in [2.75, 3.05) is 20.2 Å². The van der Waals surface area contributed by atoms with Crippen LogP contribution < -0.4 is 15.2 Å². The largest absolute Gasteiger partial charge is 0.495 e. The average Bonchev–Trinajstić information content (AvgIpc) is 3.13. The minimum absolute atomic E-state index is 0.0199. The maximum absolute atomic E-state index is 12.8. The second kappa shape index (κ2) is 7.94. The van der Waals surface area contributed by atoms with Crippen LogP contribution in [0.15, 0.2) is 23.1 Å². The lowest BCUT2D eigenvalue weighted by molar-refractivity contribution is 0.0714. The highest BCUT2D eigenvalue weighted by Gasteiger charge is 2.28. The number of ether oxygens (including phenoxy) is 1. The fourth-order valence-corrected chi connectivity index (χ4v) is 5.13. The van der Waals surface area contributed by atoms with Gasteiger partial charge in [-0.3, -0.25) is 4.79 Å². The number of amides is 1. The fraction of sp³-hybridized carbons (Fsp3) is 0.611. The Morgan fingerprint density at radius 3 is 2.46 bits per heavy atom. The van der Waals surface area contributed by atoms with Crippen LogP contribution in [0.4, 0.5) is 0 Å². The summed E-state index contributed by atoms with van der Waals surface area (Å²) in [5.74, 6) is 0.0737. The number of nitrogens with two attached hydrogens (primary N) is 1. The van der Waals surface area contributed by atoms with Gasteiger partial charge in [-0.25, -0.2) is 13.1 Å². The second-order valence-corrected chi connectivity index (χ2v) is 8.78. The number of hydrogen-bond acceptors (Lipinski definition) is 5. The summed E-state index contributed by atoms with van der Waals surface area (Å²) >= 11 is 0. The Morgan fingerprint density at radius 1 is 1.19 bits per heavy atom. The van der Waals surface area contributed by atoms with Crippen LogP contribution >= 0.6 is 0 Å². The minimum Gasteiger partial charge on any atom is -0.495 e. The van der Waals surface area contributed by atoms with E-state index in [-0.39, 0.29) is 28.6 Å². The summed E-state index contributed by atoms with van der Waals surface area (Å²) in [7, 11) is -2.32. The molecule has 1 aliphatic carbocycles. The normalized spacial score (nSPS) is 19.7. The van der Waals surface area contributed by atoms with Gasteiger partial charge in [0.05, 0.1) is 7.11 Å². The van der Waals surface area contributed by atoms with E-state index in [0.717, 1.165) is 38.5 Å². The Bertz CT molecular complexity index is 752. The molecule has 1 saturated carbocycles. The van der Waals surface area contributed by atoms with E-state index in [1.807, 2.05) is 0 Å². The average molecular weight is 381 g/mol.